The highest BCUT2D eigenvalue weighted by Crippen LogP contribution is 2.35. The number of hydrogen-bond donors (Lipinski definition) is 3. The highest BCUT2D eigenvalue weighted by molar-refractivity contribution is 6.31. The fraction of sp³-hybridized carbons (Fsp3) is 0. The summed E-state index contributed by atoms with van der Waals surface area (Å²) in [4.78, 5) is 25.9. The van der Waals surface area contributed by atoms with E-state index in [0.29, 0.717) is 33.8 Å². The summed E-state index contributed by atoms with van der Waals surface area (Å²) in [7, 11) is 0. The van der Waals surface area contributed by atoms with Crippen molar-refractivity contribution in [2.45, 2.75) is 0 Å². The molecule has 0 bridgehead atoms. The molecule has 0 spiro atoms. The molecular formula is C20H15N3O2. The number of anilines is 4. The third-order valence-corrected chi connectivity index (χ3v) is 4.29. The first kappa shape index (κ1) is 15.0. The Balaban J connectivity index is 1.85. The van der Waals surface area contributed by atoms with Gasteiger partial charge in [0.25, 0.3) is 0 Å². The summed E-state index contributed by atoms with van der Waals surface area (Å²) >= 11 is 0. The predicted octanol–water partition coefficient (Wildman–Crippen LogP) is 3.37. The van der Waals surface area contributed by atoms with Crippen molar-refractivity contribution in [1.82, 2.24) is 0 Å². The molecule has 4 rings (SSSR count). The number of ketones is 2. The third kappa shape index (κ3) is 2.33. The van der Waals surface area contributed by atoms with Crippen molar-refractivity contribution in [2.75, 3.05) is 16.8 Å². The average Bonchev–Trinajstić information content (AvgIpc) is 2.61. The molecule has 0 amide bonds. The molecule has 0 heterocycles. The van der Waals surface area contributed by atoms with Crippen molar-refractivity contribution in [1.29, 1.82) is 0 Å². The zero-order chi connectivity index (χ0) is 17.6. The number of benzene rings is 3. The highest BCUT2D eigenvalue weighted by atomic mass is 16.1. The molecule has 1 aliphatic carbocycles. The van der Waals surface area contributed by atoms with E-state index in [2.05, 4.69) is 5.32 Å². The molecule has 0 fully saturated rings. The van der Waals surface area contributed by atoms with Crippen LogP contribution < -0.4 is 16.8 Å². The molecule has 5 heteroatoms. The molecule has 0 aliphatic heterocycles. The van der Waals surface area contributed by atoms with Gasteiger partial charge in [-0.2, -0.15) is 0 Å². The Hall–Kier alpha value is -3.60. The van der Waals surface area contributed by atoms with Crippen LogP contribution in [0.1, 0.15) is 31.8 Å². The predicted molar refractivity (Wildman–Crippen MR) is 98.3 cm³/mol. The lowest BCUT2D eigenvalue weighted by Gasteiger charge is -2.21. The van der Waals surface area contributed by atoms with Gasteiger partial charge in [-0.15, -0.1) is 0 Å². The first-order valence-electron chi connectivity index (χ1n) is 7.79. The zero-order valence-electron chi connectivity index (χ0n) is 13.2. The van der Waals surface area contributed by atoms with Gasteiger partial charge in [-0.25, -0.2) is 0 Å². The van der Waals surface area contributed by atoms with E-state index in [-0.39, 0.29) is 17.1 Å². The molecule has 3 aromatic carbocycles. The second-order valence-electron chi connectivity index (χ2n) is 5.90. The van der Waals surface area contributed by atoms with E-state index in [9.17, 15) is 9.59 Å². The molecule has 0 saturated heterocycles. The van der Waals surface area contributed by atoms with E-state index >= 15 is 0 Å². The van der Waals surface area contributed by atoms with E-state index in [1.807, 2.05) is 12.1 Å². The Labute approximate surface area is 144 Å². The first-order chi connectivity index (χ1) is 12.1. The number of hydrogen-bond acceptors (Lipinski definition) is 5. The van der Waals surface area contributed by atoms with E-state index in [1.165, 1.54) is 0 Å². The third-order valence-electron chi connectivity index (χ3n) is 4.29. The van der Waals surface area contributed by atoms with E-state index < -0.39 is 0 Å². The molecule has 3 aromatic rings. The Morgan fingerprint density at radius 2 is 1.28 bits per heavy atom. The maximum Gasteiger partial charge on any atom is 0.196 e. The summed E-state index contributed by atoms with van der Waals surface area (Å²) in [6.07, 6.45) is 0. The summed E-state index contributed by atoms with van der Waals surface area (Å²) in [5.41, 5.74) is 15.3. The van der Waals surface area contributed by atoms with Crippen molar-refractivity contribution in [3.05, 3.63) is 82.9 Å². The van der Waals surface area contributed by atoms with Crippen LogP contribution in [-0.2, 0) is 0 Å². The van der Waals surface area contributed by atoms with E-state index in [0.717, 1.165) is 5.69 Å². The molecule has 5 N–H and O–H groups in total. The normalized spacial score (nSPS) is 12.5. The standard InChI is InChI=1S/C20H15N3O2/c21-11-7-9-12(10-8-11)23-16-6-2-4-14-18(16)20(25)13-3-1-5-15(22)17(13)19(14)24/h1-10,23H,21-22H2. The second-order valence-corrected chi connectivity index (χ2v) is 5.90. The van der Waals surface area contributed by atoms with Gasteiger partial charge in [0, 0.05) is 28.2 Å². The fourth-order valence-electron chi connectivity index (χ4n) is 3.09. The first-order valence-corrected chi connectivity index (χ1v) is 7.79. The van der Waals surface area contributed by atoms with Crippen LogP contribution in [-0.4, -0.2) is 11.6 Å². The van der Waals surface area contributed by atoms with Gasteiger partial charge < -0.3 is 16.8 Å². The van der Waals surface area contributed by atoms with Crippen LogP contribution in [0.15, 0.2) is 60.7 Å². The van der Waals surface area contributed by atoms with Gasteiger partial charge in [0.1, 0.15) is 0 Å². The van der Waals surface area contributed by atoms with E-state index in [1.54, 1.807) is 48.5 Å². The Kier molecular flexibility index (Phi) is 3.28. The van der Waals surface area contributed by atoms with Crippen LogP contribution in [0.5, 0.6) is 0 Å². The molecule has 0 atom stereocenters. The van der Waals surface area contributed by atoms with Crippen LogP contribution >= 0.6 is 0 Å². The number of nitrogens with two attached hydrogens (primary N) is 2. The van der Waals surface area contributed by atoms with E-state index in [4.69, 9.17) is 11.5 Å². The summed E-state index contributed by atoms with van der Waals surface area (Å²) in [5.74, 6) is -0.445. The Morgan fingerprint density at radius 3 is 2.00 bits per heavy atom. The van der Waals surface area contributed by atoms with Gasteiger partial charge in [0.15, 0.2) is 11.6 Å². The van der Waals surface area contributed by atoms with Crippen molar-refractivity contribution in [2.24, 2.45) is 0 Å². The summed E-state index contributed by atoms with van der Waals surface area (Å²) in [6, 6.07) is 17.3. The quantitative estimate of drug-likeness (QED) is 0.490. The molecule has 122 valence electrons. The molecule has 0 radical (unpaired) electrons. The summed E-state index contributed by atoms with van der Waals surface area (Å²) in [5, 5.41) is 3.20. The monoisotopic (exact) mass is 329 g/mol. The topological polar surface area (TPSA) is 98.2 Å². The minimum Gasteiger partial charge on any atom is -0.399 e. The maximum atomic E-state index is 13.0. The molecular weight excluding hydrogens is 314 g/mol. The van der Waals surface area contributed by atoms with Crippen molar-refractivity contribution in [3.8, 4) is 0 Å². The van der Waals surface area contributed by atoms with Crippen molar-refractivity contribution in [3.63, 3.8) is 0 Å². The summed E-state index contributed by atoms with van der Waals surface area (Å²) in [6.45, 7) is 0. The molecule has 25 heavy (non-hydrogen) atoms. The lowest BCUT2D eigenvalue weighted by molar-refractivity contribution is 0.0980. The molecule has 0 saturated carbocycles. The smallest absolute Gasteiger partial charge is 0.196 e. The number of nitrogens with one attached hydrogen (secondary N) is 1. The van der Waals surface area contributed by atoms with Crippen LogP contribution in [0.2, 0.25) is 0 Å². The van der Waals surface area contributed by atoms with Crippen LogP contribution in [0.4, 0.5) is 22.7 Å². The average molecular weight is 329 g/mol. The Morgan fingerprint density at radius 1 is 0.680 bits per heavy atom. The van der Waals surface area contributed by atoms with Crippen LogP contribution in [0.25, 0.3) is 0 Å². The van der Waals surface area contributed by atoms with Crippen molar-refractivity contribution >= 4 is 34.3 Å². The maximum absolute atomic E-state index is 13.0. The number of rotatable bonds is 2. The largest absolute Gasteiger partial charge is 0.399 e. The number of fused-ring (bicyclic) bond motifs is 2. The SMILES string of the molecule is Nc1ccc(Nc2cccc3c2C(=O)c2cccc(N)c2C3=O)cc1. The molecule has 0 unspecified atom stereocenters. The van der Waals surface area contributed by atoms with Crippen LogP contribution in [0, 0.1) is 0 Å². The fourth-order valence-corrected chi connectivity index (χ4v) is 3.09. The Bertz CT molecular complexity index is 1020. The van der Waals surface area contributed by atoms with Gasteiger partial charge in [-0.1, -0.05) is 24.3 Å². The van der Waals surface area contributed by atoms with Gasteiger partial charge in [0.05, 0.1) is 16.8 Å². The molecule has 5 nitrogen and oxygen atoms in total. The lowest BCUT2D eigenvalue weighted by atomic mass is 9.82. The van der Waals surface area contributed by atoms with Gasteiger partial charge in [0.2, 0.25) is 0 Å². The summed E-state index contributed by atoms with van der Waals surface area (Å²) < 4.78 is 0. The van der Waals surface area contributed by atoms with Crippen LogP contribution in [0.3, 0.4) is 0 Å². The highest BCUT2D eigenvalue weighted by Gasteiger charge is 2.32. The number of nitrogen functional groups attached to an aromatic ring is 2. The number of carbonyl (C=O) groups is 2. The second kappa shape index (κ2) is 5.49. The van der Waals surface area contributed by atoms with Gasteiger partial charge in [-0.05, 0) is 36.4 Å². The molecule has 0 aromatic heterocycles. The molecule has 1 aliphatic rings. The van der Waals surface area contributed by atoms with Gasteiger partial charge >= 0.3 is 0 Å². The zero-order valence-corrected chi connectivity index (χ0v) is 13.2. The minimum atomic E-state index is -0.233. The van der Waals surface area contributed by atoms with Crippen molar-refractivity contribution < 1.29 is 9.59 Å². The minimum absolute atomic E-state index is 0.213. The number of carbonyl (C=O) groups excluding carboxylic acids is 2. The lowest BCUT2D eigenvalue weighted by Crippen LogP contribution is -2.23. The van der Waals surface area contributed by atoms with Gasteiger partial charge in [-0.3, -0.25) is 9.59 Å².